The summed E-state index contributed by atoms with van der Waals surface area (Å²) in [5, 5.41) is 0. The SMILES string of the molecule is CC.CC.Cc1cc(C)c2c(c1)[B]OC2(C)S. The molecular weight excluding hydrogens is 227 g/mol. The molecule has 0 saturated heterocycles. The number of benzene rings is 1. The third-order valence-electron chi connectivity index (χ3n) is 2.39. The minimum absolute atomic E-state index is 0.451. The molecule has 1 aliphatic heterocycles. The van der Waals surface area contributed by atoms with E-state index >= 15 is 0 Å². The molecule has 1 heterocycles. The summed E-state index contributed by atoms with van der Waals surface area (Å²) in [6.07, 6.45) is 0. The van der Waals surface area contributed by atoms with Gasteiger partial charge in [0, 0.05) is 0 Å². The number of thiol groups is 1. The summed E-state index contributed by atoms with van der Waals surface area (Å²) in [7, 11) is 1.79. The van der Waals surface area contributed by atoms with Gasteiger partial charge in [-0.05, 0) is 37.4 Å². The predicted molar refractivity (Wildman–Crippen MR) is 81.4 cm³/mol. The zero-order valence-corrected chi connectivity index (χ0v) is 13.0. The van der Waals surface area contributed by atoms with Gasteiger partial charge in [-0.25, -0.2) is 0 Å². The molecule has 1 radical (unpaired) electrons. The monoisotopic (exact) mass is 251 g/mol. The van der Waals surface area contributed by atoms with Gasteiger partial charge in [0.05, 0.1) is 0 Å². The van der Waals surface area contributed by atoms with E-state index in [9.17, 15) is 0 Å². The van der Waals surface area contributed by atoms with Gasteiger partial charge in [0.2, 0.25) is 0 Å². The van der Waals surface area contributed by atoms with Crippen LogP contribution in [0.4, 0.5) is 0 Å². The first-order valence-corrected chi connectivity index (χ1v) is 6.80. The van der Waals surface area contributed by atoms with E-state index < -0.39 is 4.93 Å². The standard InChI is InChI=1S/C10H12BOS.2C2H6/c1-6-4-7(2)9-8(5-6)11-12-10(9,3)13;2*1-2/h4-5,13H,1-3H3;2*1-2H3. The van der Waals surface area contributed by atoms with E-state index in [-0.39, 0.29) is 0 Å². The van der Waals surface area contributed by atoms with Gasteiger partial charge in [-0.2, -0.15) is 0 Å². The smallest absolute Gasteiger partial charge is 0.332 e. The van der Waals surface area contributed by atoms with Gasteiger partial charge >= 0.3 is 7.48 Å². The van der Waals surface area contributed by atoms with Gasteiger partial charge < -0.3 is 4.65 Å². The van der Waals surface area contributed by atoms with Crippen molar-refractivity contribution >= 4 is 25.6 Å². The molecule has 0 N–H and O–H groups in total. The molecular formula is C14H24BOS. The molecule has 95 valence electrons. The highest BCUT2D eigenvalue weighted by atomic mass is 32.1. The molecule has 17 heavy (non-hydrogen) atoms. The van der Waals surface area contributed by atoms with Crippen molar-refractivity contribution in [2.45, 2.75) is 53.4 Å². The van der Waals surface area contributed by atoms with Crippen LogP contribution in [0.3, 0.4) is 0 Å². The maximum absolute atomic E-state index is 5.49. The lowest BCUT2D eigenvalue weighted by atomic mass is 9.83. The van der Waals surface area contributed by atoms with Crippen molar-refractivity contribution in [3.8, 4) is 0 Å². The molecule has 1 aromatic rings. The van der Waals surface area contributed by atoms with Crippen LogP contribution in [0.1, 0.15) is 51.3 Å². The van der Waals surface area contributed by atoms with E-state index in [1.807, 2.05) is 34.6 Å². The second kappa shape index (κ2) is 7.12. The summed E-state index contributed by atoms with van der Waals surface area (Å²) in [6, 6.07) is 4.29. The molecule has 0 spiro atoms. The maximum Gasteiger partial charge on any atom is 0.332 e. The lowest BCUT2D eigenvalue weighted by Crippen LogP contribution is -2.16. The highest BCUT2D eigenvalue weighted by Gasteiger charge is 2.34. The molecule has 0 saturated carbocycles. The fourth-order valence-electron chi connectivity index (χ4n) is 1.96. The number of aryl methyl sites for hydroxylation is 2. The van der Waals surface area contributed by atoms with E-state index in [1.54, 1.807) is 7.48 Å². The van der Waals surface area contributed by atoms with Crippen molar-refractivity contribution in [2.24, 2.45) is 0 Å². The lowest BCUT2D eigenvalue weighted by molar-refractivity contribution is 0.218. The summed E-state index contributed by atoms with van der Waals surface area (Å²) < 4.78 is 5.49. The Morgan fingerprint density at radius 2 is 1.65 bits per heavy atom. The Morgan fingerprint density at radius 1 is 1.12 bits per heavy atom. The van der Waals surface area contributed by atoms with Crippen LogP contribution >= 0.6 is 12.6 Å². The highest BCUT2D eigenvalue weighted by molar-refractivity contribution is 7.81. The van der Waals surface area contributed by atoms with Crippen LogP contribution in [0.15, 0.2) is 12.1 Å². The second-order valence-corrected chi connectivity index (χ2v) is 4.62. The molecule has 1 nitrogen and oxygen atoms in total. The van der Waals surface area contributed by atoms with Crippen molar-refractivity contribution in [3.05, 3.63) is 28.8 Å². The summed E-state index contributed by atoms with van der Waals surface area (Å²) in [5.74, 6) is 0. The van der Waals surface area contributed by atoms with Crippen molar-refractivity contribution in [2.75, 3.05) is 0 Å². The summed E-state index contributed by atoms with van der Waals surface area (Å²) in [5.41, 5.74) is 4.87. The minimum atomic E-state index is -0.451. The van der Waals surface area contributed by atoms with Crippen molar-refractivity contribution in [3.63, 3.8) is 0 Å². The second-order valence-electron chi connectivity index (χ2n) is 3.76. The lowest BCUT2D eigenvalue weighted by Gasteiger charge is -2.20. The summed E-state index contributed by atoms with van der Waals surface area (Å²) in [4.78, 5) is -0.451. The first kappa shape index (κ1) is 16.6. The van der Waals surface area contributed by atoms with Crippen LogP contribution in [-0.4, -0.2) is 7.48 Å². The van der Waals surface area contributed by atoms with Gasteiger partial charge in [0.25, 0.3) is 0 Å². The number of fused-ring (bicyclic) bond motifs is 1. The molecule has 1 aromatic carbocycles. The molecule has 2 rings (SSSR count). The fourth-order valence-corrected chi connectivity index (χ4v) is 2.32. The quantitative estimate of drug-likeness (QED) is 0.546. The first-order valence-electron chi connectivity index (χ1n) is 6.36. The topological polar surface area (TPSA) is 9.23 Å². The van der Waals surface area contributed by atoms with Gasteiger partial charge in [-0.1, -0.05) is 45.4 Å². The van der Waals surface area contributed by atoms with Crippen molar-refractivity contribution < 1.29 is 4.65 Å². The van der Waals surface area contributed by atoms with Crippen LogP contribution < -0.4 is 5.46 Å². The Balaban J connectivity index is 0.000000581. The Bertz CT molecular complexity index is 361. The molecule has 1 unspecified atom stereocenters. The average molecular weight is 251 g/mol. The molecule has 0 amide bonds. The Hall–Kier alpha value is -0.405. The van der Waals surface area contributed by atoms with Gasteiger partial charge in [-0.15, -0.1) is 12.6 Å². The molecule has 0 aromatic heterocycles. The Morgan fingerprint density at radius 3 is 2.18 bits per heavy atom. The first-order chi connectivity index (χ1) is 8.00. The molecule has 1 atom stereocenters. The summed E-state index contributed by atoms with van der Waals surface area (Å²) >= 11 is 4.48. The van der Waals surface area contributed by atoms with Crippen molar-refractivity contribution in [1.29, 1.82) is 0 Å². The largest absolute Gasteiger partial charge is 0.418 e. The van der Waals surface area contributed by atoms with Gasteiger partial charge in [0.15, 0.2) is 0 Å². The zero-order valence-electron chi connectivity index (χ0n) is 12.1. The molecule has 1 aliphatic rings. The molecule has 0 fully saturated rings. The fraction of sp³-hybridized carbons (Fsp3) is 0.571. The van der Waals surface area contributed by atoms with Gasteiger partial charge in [-0.3, -0.25) is 0 Å². The van der Waals surface area contributed by atoms with Crippen molar-refractivity contribution in [1.82, 2.24) is 0 Å². The van der Waals surface area contributed by atoms with Crippen LogP contribution in [0.25, 0.3) is 0 Å². The molecule has 3 heteroatoms. The van der Waals surface area contributed by atoms with Crippen LogP contribution in [0, 0.1) is 13.8 Å². The summed E-state index contributed by atoms with van der Waals surface area (Å²) in [6.45, 7) is 14.2. The van der Waals surface area contributed by atoms with E-state index in [1.165, 1.54) is 16.7 Å². The van der Waals surface area contributed by atoms with E-state index in [0.29, 0.717) is 0 Å². The minimum Gasteiger partial charge on any atom is -0.418 e. The molecule has 0 aliphatic carbocycles. The van der Waals surface area contributed by atoms with E-state index in [0.717, 1.165) is 5.46 Å². The van der Waals surface area contributed by atoms with E-state index in [2.05, 4.69) is 38.6 Å². The number of hydrogen-bond acceptors (Lipinski definition) is 2. The van der Waals surface area contributed by atoms with Crippen LogP contribution in [0.2, 0.25) is 0 Å². The Labute approximate surface area is 113 Å². The highest BCUT2D eigenvalue weighted by Crippen LogP contribution is 2.34. The number of hydrogen-bond donors (Lipinski definition) is 1. The maximum atomic E-state index is 5.49. The Kier molecular flexibility index (Phi) is 6.95. The number of rotatable bonds is 0. The van der Waals surface area contributed by atoms with Crippen LogP contribution in [0.5, 0.6) is 0 Å². The molecule has 0 bridgehead atoms. The average Bonchev–Trinajstić information content (AvgIpc) is 2.60. The van der Waals surface area contributed by atoms with Gasteiger partial charge in [0.1, 0.15) is 4.93 Å². The van der Waals surface area contributed by atoms with Crippen LogP contribution in [-0.2, 0) is 9.59 Å². The third kappa shape index (κ3) is 3.79. The van der Waals surface area contributed by atoms with E-state index in [4.69, 9.17) is 4.65 Å². The third-order valence-corrected chi connectivity index (χ3v) is 2.72. The normalized spacial score (nSPS) is 20.2. The predicted octanol–water partition coefficient (Wildman–Crippen LogP) is 3.73. The zero-order chi connectivity index (χ0) is 13.6.